The lowest BCUT2D eigenvalue weighted by Crippen LogP contribution is -2.60. The molecule has 1 aliphatic carbocycles. The molecule has 0 spiro atoms. The summed E-state index contributed by atoms with van der Waals surface area (Å²) < 4.78 is 11.7. The van der Waals surface area contributed by atoms with Crippen LogP contribution in [-0.4, -0.2) is 29.5 Å². The Morgan fingerprint density at radius 2 is 1.82 bits per heavy atom. The summed E-state index contributed by atoms with van der Waals surface area (Å²) in [5.41, 5.74) is 0.600. The van der Waals surface area contributed by atoms with Gasteiger partial charge in [-0.15, -0.1) is 0 Å². The second kappa shape index (κ2) is 7.51. The van der Waals surface area contributed by atoms with Gasteiger partial charge in [0.05, 0.1) is 0 Å². The molecule has 1 N–H and O–H groups in total. The molecule has 102 valence electrons. The smallest absolute Gasteiger partial charge is 0.386 e. The van der Waals surface area contributed by atoms with Crippen LogP contribution in [0, 0.1) is 5.92 Å². The third kappa shape index (κ3) is 3.78. The second-order valence-corrected chi connectivity index (χ2v) is 8.47. The summed E-state index contributed by atoms with van der Waals surface area (Å²) in [4.78, 5) is 3.63. The van der Waals surface area contributed by atoms with Crippen LogP contribution in [0.5, 0.6) is 0 Å². The largest absolute Gasteiger partial charge is 0.428 e. The van der Waals surface area contributed by atoms with Gasteiger partial charge in [0, 0.05) is 19.8 Å². The number of rotatable bonds is 7. The molecular formula is C13H29NO2Si. The Morgan fingerprint density at radius 1 is 1.18 bits per heavy atom. The van der Waals surface area contributed by atoms with E-state index >= 15 is 0 Å². The first-order valence-electron chi connectivity index (χ1n) is 7.05. The maximum atomic E-state index is 5.85. The number of hydrogen-bond acceptors (Lipinski definition) is 3. The molecule has 0 radical (unpaired) electrons. The average molecular weight is 259 g/mol. The van der Waals surface area contributed by atoms with E-state index in [2.05, 4.69) is 18.8 Å². The van der Waals surface area contributed by atoms with Crippen molar-refractivity contribution in [2.45, 2.75) is 57.9 Å². The van der Waals surface area contributed by atoms with Crippen molar-refractivity contribution in [3.8, 4) is 0 Å². The van der Waals surface area contributed by atoms with Crippen LogP contribution in [0.25, 0.3) is 0 Å². The van der Waals surface area contributed by atoms with Crippen molar-refractivity contribution in [2.75, 3.05) is 20.8 Å². The predicted octanol–water partition coefficient (Wildman–Crippen LogP) is 3.19. The number of nitrogens with one attached hydrogen (secondary N) is 1. The highest BCUT2D eigenvalue weighted by molar-refractivity contribution is 6.66. The molecule has 1 fully saturated rings. The third-order valence-electron chi connectivity index (χ3n) is 4.11. The Balaban J connectivity index is 2.66. The van der Waals surface area contributed by atoms with Crippen LogP contribution < -0.4 is 4.98 Å². The summed E-state index contributed by atoms with van der Waals surface area (Å²) in [7, 11) is 1.44. The van der Waals surface area contributed by atoms with Crippen LogP contribution in [0.4, 0.5) is 0 Å². The normalized spacial score (nSPS) is 26.1. The Labute approximate surface area is 108 Å². The van der Waals surface area contributed by atoms with Crippen molar-refractivity contribution in [1.82, 2.24) is 4.98 Å². The molecule has 4 heteroatoms. The summed E-state index contributed by atoms with van der Waals surface area (Å²) in [5, 5.41) is 0. The van der Waals surface area contributed by atoms with Gasteiger partial charge in [-0.25, -0.2) is 0 Å². The summed E-state index contributed by atoms with van der Waals surface area (Å²) >= 11 is 0. The Kier molecular flexibility index (Phi) is 6.70. The molecule has 17 heavy (non-hydrogen) atoms. The van der Waals surface area contributed by atoms with Gasteiger partial charge in [0.2, 0.25) is 0 Å². The van der Waals surface area contributed by atoms with Crippen molar-refractivity contribution in [1.29, 1.82) is 0 Å². The summed E-state index contributed by atoms with van der Waals surface area (Å²) in [6.45, 7) is 5.59. The van der Waals surface area contributed by atoms with Gasteiger partial charge in [-0.1, -0.05) is 39.5 Å². The molecule has 2 unspecified atom stereocenters. The zero-order valence-corrected chi connectivity index (χ0v) is 12.9. The predicted molar refractivity (Wildman–Crippen MR) is 74.1 cm³/mol. The minimum atomic E-state index is -2.19. The Bertz CT molecular complexity index is 210. The van der Waals surface area contributed by atoms with E-state index in [1.165, 1.54) is 38.5 Å². The minimum Gasteiger partial charge on any atom is -0.386 e. The fourth-order valence-corrected chi connectivity index (χ4v) is 6.33. The maximum Gasteiger partial charge on any atom is 0.428 e. The van der Waals surface area contributed by atoms with Crippen molar-refractivity contribution in [3.63, 3.8) is 0 Å². The van der Waals surface area contributed by atoms with Crippen molar-refractivity contribution < 1.29 is 8.85 Å². The minimum absolute atomic E-state index is 0.600. The van der Waals surface area contributed by atoms with Gasteiger partial charge in [0.1, 0.15) is 0 Å². The molecule has 0 amide bonds. The summed E-state index contributed by atoms with van der Waals surface area (Å²) in [6, 6.07) is 0. The monoisotopic (exact) mass is 259 g/mol. The molecular weight excluding hydrogens is 230 g/mol. The molecule has 0 aromatic carbocycles. The molecule has 0 saturated heterocycles. The average Bonchev–Trinajstić information content (AvgIpc) is 2.36. The van der Waals surface area contributed by atoms with Gasteiger partial charge >= 0.3 is 8.72 Å². The lowest BCUT2D eigenvalue weighted by atomic mass is 9.90. The molecule has 1 rings (SSSR count). The molecule has 1 aliphatic rings. The van der Waals surface area contributed by atoms with Gasteiger partial charge in [0.15, 0.2) is 0 Å². The van der Waals surface area contributed by atoms with Crippen LogP contribution in [0.3, 0.4) is 0 Å². The zero-order chi connectivity index (χ0) is 12.7. The standard InChI is InChI=1S/C13H29NO2Si/c1-5-6-11-14-17(15-3,16-4)13-10-8-7-9-12(13)2/h12-14H,5-11H2,1-4H3. The van der Waals surface area contributed by atoms with Crippen molar-refractivity contribution >= 4 is 8.72 Å². The van der Waals surface area contributed by atoms with Crippen molar-refractivity contribution in [3.05, 3.63) is 0 Å². The van der Waals surface area contributed by atoms with Gasteiger partial charge in [-0.05, 0) is 25.3 Å². The quantitative estimate of drug-likeness (QED) is 0.562. The van der Waals surface area contributed by atoms with E-state index in [9.17, 15) is 0 Å². The van der Waals surface area contributed by atoms with Crippen LogP contribution in [0.2, 0.25) is 5.54 Å². The van der Waals surface area contributed by atoms with Gasteiger partial charge < -0.3 is 8.85 Å². The Hall–Kier alpha value is 0.0969. The lowest BCUT2D eigenvalue weighted by Gasteiger charge is -2.40. The van der Waals surface area contributed by atoms with E-state index < -0.39 is 8.72 Å². The highest BCUT2D eigenvalue weighted by atomic mass is 28.4. The Morgan fingerprint density at radius 3 is 2.35 bits per heavy atom. The first-order valence-corrected chi connectivity index (χ1v) is 8.95. The molecule has 0 bridgehead atoms. The second-order valence-electron chi connectivity index (χ2n) is 5.22. The van der Waals surface area contributed by atoms with Crippen LogP contribution in [0.15, 0.2) is 0 Å². The van der Waals surface area contributed by atoms with E-state index in [1.54, 1.807) is 0 Å². The summed E-state index contributed by atoms with van der Waals surface area (Å²) in [6.07, 6.45) is 7.68. The van der Waals surface area contributed by atoms with E-state index in [4.69, 9.17) is 8.85 Å². The molecule has 0 aromatic heterocycles. The zero-order valence-electron chi connectivity index (χ0n) is 11.9. The van der Waals surface area contributed by atoms with Gasteiger partial charge in [-0.3, -0.25) is 4.98 Å². The highest BCUT2D eigenvalue weighted by Gasteiger charge is 2.48. The van der Waals surface area contributed by atoms with Crippen LogP contribution in [0.1, 0.15) is 52.4 Å². The molecule has 3 nitrogen and oxygen atoms in total. The number of hydrogen-bond donors (Lipinski definition) is 1. The molecule has 0 heterocycles. The SMILES string of the molecule is CCCCN[Si](OC)(OC)C1CCCCC1C. The van der Waals surface area contributed by atoms with E-state index in [-0.39, 0.29) is 0 Å². The first-order chi connectivity index (χ1) is 8.20. The van der Waals surface area contributed by atoms with Gasteiger partial charge in [0.25, 0.3) is 0 Å². The summed E-state index contributed by atoms with van der Waals surface area (Å²) in [5.74, 6) is 0.726. The van der Waals surface area contributed by atoms with E-state index in [1.807, 2.05) is 14.2 Å². The van der Waals surface area contributed by atoms with Crippen LogP contribution >= 0.6 is 0 Å². The fraction of sp³-hybridized carbons (Fsp3) is 1.00. The molecule has 0 aromatic rings. The van der Waals surface area contributed by atoms with Crippen molar-refractivity contribution in [2.24, 2.45) is 5.92 Å². The highest BCUT2D eigenvalue weighted by Crippen LogP contribution is 2.40. The third-order valence-corrected chi connectivity index (χ3v) is 7.90. The van der Waals surface area contributed by atoms with E-state index in [0.29, 0.717) is 5.54 Å². The van der Waals surface area contributed by atoms with Gasteiger partial charge in [-0.2, -0.15) is 0 Å². The topological polar surface area (TPSA) is 30.5 Å². The lowest BCUT2D eigenvalue weighted by molar-refractivity contribution is 0.186. The maximum absolute atomic E-state index is 5.85. The molecule has 2 atom stereocenters. The molecule has 1 saturated carbocycles. The number of unbranched alkanes of at least 4 members (excludes halogenated alkanes) is 1. The van der Waals surface area contributed by atoms with Crippen LogP contribution in [-0.2, 0) is 8.85 Å². The molecule has 0 aliphatic heterocycles. The van der Waals surface area contributed by atoms with E-state index in [0.717, 1.165) is 12.5 Å². The first kappa shape index (κ1) is 15.2. The fourth-order valence-electron chi connectivity index (χ4n) is 2.98.